The van der Waals surface area contributed by atoms with Crippen molar-refractivity contribution in [2.45, 2.75) is 68.9 Å². The Bertz CT molecular complexity index is 2290. The van der Waals surface area contributed by atoms with Crippen LogP contribution >= 0.6 is 0 Å². The molecule has 0 saturated carbocycles. The molecule has 6 aromatic rings. The van der Waals surface area contributed by atoms with Gasteiger partial charge in [-0.3, -0.25) is 9.69 Å². The average Bonchev–Trinajstić information content (AvgIpc) is 3.24. The van der Waals surface area contributed by atoms with Crippen molar-refractivity contribution < 1.29 is 27.8 Å². The molecule has 0 bridgehead atoms. The van der Waals surface area contributed by atoms with Gasteiger partial charge in [0.15, 0.2) is 6.29 Å². The molecule has 1 aliphatic rings. The zero-order chi connectivity index (χ0) is 40.3. The first kappa shape index (κ1) is 40.7. The SMILES string of the molecule is Cc1ccc(S(=O)(=O)N[C@H](Cc2ccccc2)C(=O)Nc2cccc([C@H]3O[C@@H](CN(Cc4ccccc4)Cc4ccccc4)C[C@@H](c4ccc(CO)cc4)O3)c2)cc1. The lowest BCUT2D eigenvalue weighted by Gasteiger charge is -2.38. The maximum atomic E-state index is 14.0. The molecule has 7 rings (SSSR count). The van der Waals surface area contributed by atoms with E-state index in [0.29, 0.717) is 24.2 Å². The third-order valence-electron chi connectivity index (χ3n) is 10.2. The number of anilines is 1. The van der Waals surface area contributed by atoms with E-state index < -0.39 is 28.3 Å². The van der Waals surface area contributed by atoms with Gasteiger partial charge in [0.25, 0.3) is 0 Å². The molecule has 298 valence electrons. The van der Waals surface area contributed by atoms with Crippen molar-refractivity contribution in [2.24, 2.45) is 0 Å². The van der Waals surface area contributed by atoms with E-state index in [4.69, 9.17) is 9.47 Å². The van der Waals surface area contributed by atoms with Crippen LogP contribution in [0.15, 0.2) is 169 Å². The predicted molar refractivity (Wildman–Crippen MR) is 226 cm³/mol. The van der Waals surface area contributed by atoms with Gasteiger partial charge in [0.1, 0.15) is 6.04 Å². The van der Waals surface area contributed by atoms with E-state index in [1.807, 2.05) is 91.9 Å². The first-order chi connectivity index (χ1) is 28.2. The van der Waals surface area contributed by atoms with Crippen LogP contribution in [-0.2, 0) is 50.4 Å². The third-order valence-corrected chi connectivity index (χ3v) is 11.7. The standard InChI is InChI=1S/C48H49N3O6S/c1-35-20-26-44(27-21-35)58(54,55)50-45(28-36-12-5-2-6-13-36)47(53)49-42-19-11-18-41(29-42)48-56-43(30-46(57-48)40-24-22-39(34-52)23-25-40)33-51(31-37-14-7-3-8-15-37)32-38-16-9-4-10-17-38/h2-27,29,43,45-46,48,50,52H,28,30-34H2,1H3,(H,49,53)/t43-,45-,46+,48+/m1/s1. The summed E-state index contributed by atoms with van der Waals surface area (Å²) in [7, 11) is -4.02. The average molecular weight is 796 g/mol. The van der Waals surface area contributed by atoms with Gasteiger partial charge in [-0.2, -0.15) is 4.72 Å². The lowest BCUT2D eigenvalue weighted by molar-refractivity contribution is -0.253. The Morgan fingerprint density at radius 2 is 1.31 bits per heavy atom. The second kappa shape index (κ2) is 19.3. The van der Waals surface area contributed by atoms with Gasteiger partial charge in [-0.05, 0) is 65.4 Å². The first-order valence-corrected chi connectivity index (χ1v) is 21.0. The van der Waals surface area contributed by atoms with Gasteiger partial charge < -0.3 is 19.9 Å². The molecule has 4 atom stereocenters. The lowest BCUT2D eigenvalue weighted by atomic mass is 9.99. The number of hydrogen-bond donors (Lipinski definition) is 3. The minimum Gasteiger partial charge on any atom is -0.392 e. The van der Waals surface area contributed by atoms with Crippen LogP contribution in [0.2, 0.25) is 0 Å². The van der Waals surface area contributed by atoms with Gasteiger partial charge in [0, 0.05) is 37.3 Å². The van der Waals surface area contributed by atoms with Crippen LogP contribution in [0.4, 0.5) is 5.69 Å². The Morgan fingerprint density at radius 3 is 1.91 bits per heavy atom. The molecule has 0 aliphatic carbocycles. The van der Waals surface area contributed by atoms with E-state index in [9.17, 15) is 18.3 Å². The number of aliphatic hydroxyl groups is 1. The Hall–Kier alpha value is -5.46. The molecule has 0 radical (unpaired) electrons. The number of sulfonamides is 1. The Morgan fingerprint density at radius 1 is 0.707 bits per heavy atom. The number of aliphatic hydroxyl groups excluding tert-OH is 1. The Kier molecular flexibility index (Phi) is 13.6. The van der Waals surface area contributed by atoms with Gasteiger partial charge in [-0.1, -0.05) is 145 Å². The summed E-state index contributed by atoms with van der Waals surface area (Å²) < 4.78 is 43.1. The minimum absolute atomic E-state index is 0.0494. The fourth-order valence-corrected chi connectivity index (χ4v) is 8.39. The third kappa shape index (κ3) is 11.1. The van der Waals surface area contributed by atoms with Gasteiger partial charge in [0.2, 0.25) is 15.9 Å². The zero-order valence-electron chi connectivity index (χ0n) is 32.5. The van der Waals surface area contributed by atoms with Crippen molar-refractivity contribution in [1.82, 2.24) is 9.62 Å². The minimum atomic E-state index is -4.02. The van der Waals surface area contributed by atoms with Crippen molar-refractivity contribution in [3.8, 4) is 0 Å². The molecule has 0 unspecified atom stereocenters. The number of benzene rings is 6. The molecule has 1 aliphatic heterocycles. The Balaban J connectivity index is 1.13. The largest absolute Gasteiger partial charge is 0.392 e. The van der Waals surface area contributed by atoms with Crippen LogP contribution in [0.25, 0.3) is 0 Å². The molecule has 3 N–H and O–H groups in total. The molecule has 58 heavy (non-hydrogen) atoms. The van der Waals surface area contributed by atoms with Gasteiger partial charge in [-0.15, -0.1) is 0 Å². The van der Waals surface area contributed by atoms with Crippen LogP contribution in [0, 0.1) is 6.92 Å². The monoisotopic (exact) mass is 795 g/mol. The normalized spacial score (nSPS) is 17.5. The van der Waals surface area contributed by atoms with E-state index in [-0.39, 0.29) is 30.1 Å². The molecule has 9 nitrogen and oxygen atoms in total. The van der Waals surface area contributed by atoms with E-state index >= 15 is 0 Å². The quantitative estimate of drug-likeness (QED) is 0.0904. The molecular formula is C48H49N3O6S. The summed E-state index contributed by atoms with van der Waals surface area (Å²) in [4.78, 5) is 16.5. The van der Waals surface area contributed by atoms with Crippen molar-refractivity contribution in [3.63, 3.8) is 0 Å². The van der Waals surface area contributed by atoms with Crippen LogP contribution in [0.5, 0.6) is 0 Å². The van der Waals surface area contributed by atoms with Gasteiger partial charge in [0.05, 0.1) is 23.7 Å². The number of hydrogen-bond acceptors (Lipinski definition) is 7. The summed E-state index contributed by atoms with van der Waals surface area (Å²) in [5.74, 6) is -0.501. The molecule has 0 aromatic heterocycles. The van der Waals surface area contributed by atoms with Crippen molar-refractivity contribution >= 4 is 21.6 Å². The molecule has 1 saturated heterocycles. The van der Waals surface area contributed by atoms with E-state index in [1.54, 1.807) is 18.2 Å². The van der Waals surface area contributed by atoms with Gasteiger partial charge in [-0.25, -0.2) is 8.42 Å². The summed E-state index contributed by atoms with van der Waals surface area (Å²) in [6.07, 6.45) is -0.551. The molecule has 10 heteroatoms. The molecule has 1 heterocycles. The highest BCUT2D eigenvalue weighted by Crippen LogP contribution is 2.39. The van der Waals surface area contributed by atoms with E-state index in [0.717, 1.165) is 35.3 Å². The fraction of sp³-hybridized carbons (Fsp3) is 0.229. The summed E-state index contributed by atoms with van der Waals surface area (Å²) in [5.41, 5.74) is 7.11. The smallest absolute Gasteiger partial charge is 0.242 e. The van der Waals surface area contributed by atoms with Crippen LogP contribution < -0.4 is 10.0 Å². The summed E-state index contributed by atoms with van der Waals surface area (Å²) in [6.45, 7) is 3.93. The Labute approximate surface area is 341 Å². The predicted octanol–water partition coefficient (Wildman–Crippen LogP) is 8.26. The summed E-state index contributed by atoms with van der Waals surface area (Å²) in [5, 5.41) is 12.7. The number of nitrogens with zero attached hydrogens (tertiary/aromatic N) is 1. The highest BCUT2D eigenvalue weighted by Gasteiger charge is 2.34. The fourth-order valence-electron chi connectivity index (χ4n) is 7.19. The van der Waals surface area contributed by atoms with Crippen molar-refractivity contribution in [2.75, 3.05) is 11.9 Å². The highest BCUT2D eigenvalue weighted by atomic mass is 32.2. The van der Waals surface area contributed by atoms with Crippen LogP contribution in [-0.4, -0.2) is 43.0 Å². The van der Waals surface area contributed by atoms with E-state index in [2.05, 4.69) is 63.5 Å². The number of carbonyl (C=O) groups is 1. The van der Waals surface area contributed by atoms with E-state index in [1.165, 1.54) is 23.3 Å². The number of rotatable bonds is 16. The molecule has 0 spiro atoms. The maximum Gasteiger partial charge on any atom is 0.242 e. The second-order valence-corrected chi connectivity index (χ2v) is 16.5. The van der Waals surface area contributed by atoms with Gasteiger partial charge >= 0.3 is 0 Å². The topological polar surface area (TPSA) is 117 Å². The lowest BCUT2D eigenvalue weighted by Crippen LogP contribution is -2.45. The number of amides is 1. The molecule has 6 aromatic carbocycles. The number of nitrogens with one attached hydrogen (secondary N) is 2. The molecule has 1 fully saturated rings. The highest BCUT2D eigenvalue weighted by molar-refractivity contribution is 7.89. The van der Waals surface area contributed by atoms with Crippen LogP contribution in [0.3, 0.4) is 0 Å². The number of ether oxygens (including phenoxy) is 2. The zero-order valence-corrected chi connectivity index (χ0v) is 33.3. The number of aryl methyl sites for hydroxylation is 1. The summed E-state index contributed by atoms with van der Waals surface area (Å²) >= 11 is 0. The molecule has 1 amide bonds. The summed E-state index contributed by atoms with van der Waals surface area (Å²) in [6, 6.07) is 50.6. The maximum absolute atomic E-state index is 14.0. The first-order valence-electron chi connectivity index (χ1n) is 19.6. The second-order valence-electron chi connectivity index (χ2n) is 14.8. The van der Waals surface area contributed by atoms with Crippen LogP contribution in [0.1, 0.15) is 57.8 Å². The number of carbonyl (C=O) groups excluding carboxylic acids is 1. The van der Waals surface area contributed by atoms with Crippen molar-refractivity contribution in [3.05, 3.63) is 203 Å². The molecular weight excluding hydrogens is 747 g/mol. The van der Waals surface area contributed by atoms with Crippen molar-refractivity contribution in [1.29, 1.82) is 0 Å².